The van der Waals surface area contributed by atoms with Gasteiger partial charge in [-0.3, -0.25) is 0 Å². The molecule has 0 aliphatic heterocycles. The molecule has 1 aromatic carbocycles. The molecule has 0 aliphatic rings. The number of hydrogen-bond donors (Lipinski definition) is 1. The van der Waals surface area contributed by atoms with E-state index < -0.39 is 0 Å². The predicted octanol–water partition coefficient (Wildman–Crippen LogP) is 4.05. The largest absolute Gasteiger partial charge is 0.380 e. The van der Waals surface area contributed by atoms with E-state index in [1.165, 1.54) is 0 Å². The molecule has 0 amide bonds. The third-order valence-corrected chi connectivity index (χ3v) is 3.09. The van der Waals surface area contributed by atoms with Crippen LogP contribution < -0.4 is 5.32 Å². The number of nitrogens with one attached hydrogen (secondary N) is 1. The molecule has 0 bridgehead atoms. The van der Waals surface area contributed by atoms with Crippen LogP contribution in [0, 0.1) is 0 Å². The van der Waals surface area contributed by atoms with Gasteiger partial charge in [-0.25, -0.2) is 0 Å². The van der Waals surface area contributed by atoms with Crippen molar-refractivity contribution in [1.29, 1.82) is 0 Å². The van der Waals surface area contributed by atoms with Crippen LogP contribution in [0.15, 0.2) is 27.1 Å². The van der Waals surface area contributed by atoms with Crippen molar-refractivity contribution in [2.24, 2.45) is 0 Å². The van der Waals surface area contributed by atoms with Crippen LogP contribution in [-0.4, -0.2) is 19.3 Å². The van der Waals surface area contributed by atoms with Gasteiger partial charge in [0.2, 0.25) is 0 Å². The molecule has 0 heterocycles. The number of ether oxygens (including phenoxy) is 1. The summed E-state index contributed by atoms with van der Waals surface area (Å²) in [5, 5.41) is 3.38. The summed E-state index contributed by atoms with van der Waals surface area (Å²) in [5.74, 6) is 0. The number of anilines is 1. The second kappa shape index (κ2) is 6.51. The molecule has 15 heavy (non-hydrogen) atoms. The van der Waals surface area contributed by atoms with Crippen molar-refractivity contribution >= 4 is 37.5 Å². The fourth-order valence-corrected chi connectivity index (χ4v) is 1.93. The van der Waals surface area contributed by atoms with Gasteiger partial charge in [0.1, 0.15) is 0 Å². The molecular formula is C11H15Br2NO. The zero-order valence-corrected chi connectivity index (χ0v) is 12.1. The lowest BCUT2D eigenvalue weighted by molar-refractivity contribution is 0.141. The maximum Gasteiger partial charge on any atom is 0.0664 e. The van der Waals surface area contributed by atoms with Gasteiger partial charge in [-0.05, 0) is 48.0 Å². The number of benzene rings is 1. The molecular weight excluding hydrogens is 322 g/mol. The van der Waals surface area contributed by atoms with Crippen LogP contribution in [0.2, 0.25) is 0 Å². The highest BCUT2D eigenvalue weighted by atomic mass is 79.9. The fraction of sp³-hybridized carbons (Fsp3) is 0.455. The second-order valence-electron chi connectivity index (χ2n) is 3.33. The van der Waals surface area contributed by atoms with Gasteiger partial charge in [-0.1, -0.05) is 15.9 Å². The minimum Gasteiger partial charge on any atom is -0.380 e. The molecule has 0 aliphatic carbocycles. The van der Waals surface area contributed by atoms with E-state index in [4.69, 9.17) is 4.74 Å². The van der Waals surface area contributed by atoms with Gasteiger partial charge in [-0.2, -0.15) is 0 Å². The Morgan fingerprint density at radius 1 is 1.40 bits per heavy atom. The van der Waals surface area contributed by atoms with Crippen LogP contribution in [0.4, 0.5) is 5.69 Å². The normalized spacial score (nSPS) is 12.5. The minimum absolute atomic E-state index is 0.301. The van der Waals surface area contributed by atoms with Crippen molar-refractivity contribution in [1.82, 2.24) is 0 Å². The average Bonchev–Trinajstić information content (AvgIpc) is 2.20. The molecule has 1 N–H and O–H groups in total. The molecule has 0 fully saturated rings. The van der Waals surface area contributed by atoms with E-state index in [-0.39, 0.29) is 0 Å². The Kier molecular flexibility index (Phi) is 5.64. The third-order valence-electron chi connectivity index (χ3n) is 1.90. The molecule has 0 saturated heterocycles. The average molecular weight is 337 g/mol. The van der Waals surface area contributed by atoms with Crippen LogP contribution in [-0.2, 0) is 4.74 Å². The van der Waals surface area contributed by atoms with Crippen LogP contribution >= 0.6 is 31.9 Å². The highest BCUT2D eigenvalue weighted by molar-refractivity contribution is 9.11. The fourth-order valence-electron chi connectivity index (χ4n) is 1.21. The Hall–Kier alpha value is -0.0600. The lowest BCUT2D eigenvalue weighted by Gasteiger charge is -2.16. The third kappa shape index (κ3) is 4.53. The first kappa shape index (κ1) is 13.0. The van der Waals surface area contributed by atoms with E-state index in [9.17, 15) is 0 Å². The lowest BCUT2D eigenvalue weighted by Crippen LogP contribution is -2.21. The summed E-state index contributed by atoms with van der Waals surface area (Å²) in [5.41, 5.74) is 1.08. The van der Waals surface area contributed by atoms with E-state index in [1.807, 2.05) is 25.1 Å². The smallest absolute Gasteiger partial charge is 0.0664 e. The maximum atomic E-state index is 5.35. The zero-order chi connectivity index (χ0) is 11.3. The standard InChI is InChI=1S/C11H15Br2NO/c1-3-15-7-8(2)14-11-6-9(12)4-5-10(11)13/h4-6,8,14H,3,7H2,1-2H3. The van der Waals surface area contributed by atoms with Gasteiger partial charge in [-0.15, -0.1) is 0 Å². The van der Waals surface area contributed by atoms with Crippen LogP contribution in [0.25, 0.3) is 0 Å². The Morgan fingerprint density at radius 2 is 2.13 bits per heavy atom. The number of rotatable bonds is 5. The highest BCUT2D eigenvalue weighted by Crippen LogP contribution is 2.26. The summed E-state index contributed by atoms with van der Waals surface area (Å²) >= 11 is 6.95. The quantitative estimate of drug-likeness (QED) is 0.875. The van der Waals surface area contributed by atoms with E-state index in [2.05, 4.69) is 44.1 Å². The minimum atomic E-state index is 0.301. The monoisotopic (exact) mass is 335 g/mol. The summed E-state index contributed by atoms with van der Waals surface area (Å²) in [7, 11) is 0. The Balaban J connectivity index is 2.59. The highest BCUT2D eigenvalue weighted by Gasteiger charge is 2.05. The first-order valence-corrected chi connectivity index (χ1v) is 6.51. The molecule has 0 saturated carbocycles. The van der Waals surface area contributed by atoms with E-state index in [0.29, 0.717) is 6.04 Å². The molecule has 1 rings (SSSR count). The van der Waals surface area contributed by atoms with Crippen molar-refractivity contribution in [2.75, 3.05) is 18.5 Å². The molecule has 0 spiro atoms. The van der Waals surface area contributed by atoms with Gasteiger partial charge in [0.25, 0.3) is 0 Å². The Labute approximate surface area is 108 Å². The van der Waals surface area contributed by atoms with Crippen molar-refractivity contribution in [3.8, 4) is 0 Å². The van der Waals surface area contributed by atoms with Gasteiger partial charge < -0.3 is 10.1 Å². The van der Waals surface area contributed by atoms with Gasteiger partial charge in [0.15, 0.2) is 0 Å². The lowest BCUT2D eigenvalue weighted by atomic mass is 10.3. The molecule has 4 heteroatoms. The van der Waals surface area contributed by atoms with Crippen LogP contribution in [0.3, 0.4) is 0 Å². The number of halogens is 2. The van der Waals surface area contributed by atoms with Crippen LogP contribution in [0.5, 0.6) is 0 Å². The van der Waals surface area contributed by atoms with Crippen molar-refractivity contribution < 1.29 is 4.74 Å². The summed E-state index contributed by atoms with van der Waals surface area (Å²) < 4.78 is 7.48. The molecule has 1 unspecified atom stereocenters. The topological polar surface area (TPSA) is 21.3 Å². The predicted molar refractivity (Wildman–Crippen MR) is 71.4 cm³/mol. The number of hydrogen-bond acceptors (Lipinski definition) is 2. The van der Waals surface area contributed by atoms with Crippen molar-refractivity contribution in [2.45, 2.75) is 19.9 Å². The van der Waals surface area contributed by atoms with Gasteiger partial charge >= 0.3 is 0 Å². The first-order chi connectivity index (χ1) is 7.13. The molecule has 1 aromatic rings. The summed E-state index contributed by atoms with van der Waals surface area (Å²) in [6.07, 6.45) is 0. The maximum absolute atomic E-state index is 5.35. The summed E-state index contributed by atoms with van der Waals surface area (Å²) in [6, 6.07) is 6.37. The first-order valence-electron chi connectivity index (χ1n) is 4.92. The van der Waals surface area contributed by atoms with E-state index in [1.54, 1.807) is 0 Å². The molecule has 0 aromatic heterocycles. The summed E-state index contributed by atoms with van der Waals surface area (Å²) in [4.78, 5) is 0. The Bertz CT molecular complexity index is 317. The van der Waals surface area contributed by atoms with E-state index >= 15 is 0 Å². The molecule has 84 valence electrons. The molecule has 2 nitrogen and oxygen atoms in total. The second-order valence-corrected chi connectivity index (χ2v) is 5.10. The SMILES string of the molecule is CCOCC(C)Nc1cc(Br)ccc1Br. The summed E-state index contributed by atoms with van der Waals surface area (Å²) in [6.45, 7) is 5.58. The van der Waals surface area contributed by atoms with Gasteiger partial charge in [0, 0.05) is 27.3 Å². The van der Waals surface area contributed by atoms with Crippen molar-refractivity contribution in [3.05, 3.63) is 27.1 Å². The van der Waals surface area contributed by atoms with E-state index in [0.717, 1.165) is 27.8 Å². The van der Waals surface area contributed by atoms with Crippen molar-refractivity contribution in [3.63, 3.8) is 0 Å². The zero-order valence-electron chi connectivity index (χ0n) is 8.89. The van der Waals surface area contributed by atoms with Crippen LogP contribution in [0.1, 0.15) is 13.8 Å². The Morgan fingerprint density at radius 3 is 2.80 bits per heavy atom. The molecule has 1 atom stereocenters. The molecule has 0 radical (unpaired) electrons. The van der Waals surface area contributed by atoms with Gasteiger partial charge in [0.05, 0.1) is 6.61 Å².